The number of nitrogen functional groups attached to an aromatic ring is 1. The van der Waals surface area contributed by atoms with E-state index in [-0.39, 0.29) is 12.6 Å². The minimum atomic E-state index is 0.0665. The quantitative estimate of drug-likeness (QED) is 0.576. The van der Waals surface area contributed by atoms with Gasteiger partial charge >= 0.3 is 0 Å². The van der Waals surface area contributed by atoms with Crippen molar-refractivity contribution in [3.05, 3.63) is 6.07 Å². The smallest absolute Gasteiger partial charge is 0.223 e. The van der Waals surface area contributed by atoms with Crippen LogP contribution in [0.25, 0.3) is 0 Å². The maximum Gasteiger partial charge on any atom is 0.223 e. The standard InChI is InChI=1S/C12H20N6O/c13-12-16-10(14-3-4-19)5-11(17-12)18-6-8-1-2-9(7-18)15-8/h5,8-9,15,19H,1-4,6-7H2,(H3,13,14,16,17)/t8-,9+. The zero-order valence-corrected chi connectivity index (χ0v) is 10.8. The first kappa shape index (κ1) is 12.4. The van der Waals surface area contributed by atoms with Crippen LogP contribution in [0, 0.1) is 0 Å². The molecule has 2 fully saturated rings. The molecule has 0 spiro atoms. The number of nitrogens with zero attached hydrogens (tertiary/aromatic N) is 3. The van der Waals surface area contributed by atoms with E-state index in [4.69, 9.17) is 10.8 Å². The molecule has 0 unspecified atom stereocenters. The maximum absolute atomic E-state index is 8.84. The van der Waals surface area contributed by atoms with Crippen molar-refractivity contribution in [2.24, 2.45) is 0 Å². The average molecular weight is 264 g/mol. The predicted molar refractivity (Wildman–Crippen MR) is 74.2 cm³/mol. The molecule has 0 amide bonds. The summed E-state index contributed by atoms with van der Waals surface area (Å²) >= 11 is 0. The van der Waals surface area contributed by atoms with Gasteiger partial charge in [-0.3, -0.25) is 0 Å². The van der Waals surface area contributed by atoms with Crippen molar-refractivity contribution in [2.45, 2.75) is 24.9 Å². The Morgan fingerprint density at radius 3 is 2.79 bits per heavy atom. The normalized spacial score (nSPS) is 25.6. The van der Waals surface area contributed by atoms with Gasteiger partial charge in [-0.15, -0.1) is 0 Å². The van der Waals surface area contributed by atoms with E-state index in [9.17, 15) is 0 Å². The topological polar surface area (TPSA) is 99.3 Å². The minimum absolute atomic E-state index is 0.0665. The van der Waals surface area contributed by atoms with Gasteiger partial charge < -0.3 is 26.4 Å². The fourth-order valence-electron chi connectivity index (χ4n) is 2.87. The summed E-state index contributed by atoms with van der Waals surface area (Å²) in [5, 5.41) is 15.5. The van der Waals surface area contributed by atoms with Crippen LogP contribution in [0.1, 0.15) is 12.8 Å². The van der Waals surface area contributed by atoms with Gasteiger partial charge in [0.2, 0.25) is 5.95 Å². The molecule has 3 heterocycles. The lowest BCUT2D eigenvalue weighted by atomic mass is 10.2. The molecule has 0 aromatic carbocycles. The Hall–Kier alpha value is -1.60. The Bertz CT molecular complexity index is 442. The third-order valence-corrected chi connectivity index (χ3v) is 3.69. The van der Waals surface area contributed by atoms with Gasteiger partial charge in [-0.05, 0) is 12.8 Å². The summed E-state index contributed by atoms with van der Waals surface area (Å²) in [6, 6.07) is 3.02. The fraction of sp³-hybridized carbons (Fsp3) is 0.667. The van der Waals surface area contributed by atoms with Crippen LogP contribution in [-0.4, -0.2) is 53.4 Å². The van der Waals surface area contributed by atoms with Crippen molar-refractivity contribution in [3.63, 3.8) is 0 Å². The van der Waals surface area contributed by atoms with E-state index in [1.165, 1.54) is 12.8 Å². The lowest BCUT2D eigenvalue weighted by Gasteiger charge is -2.33. The minimum Gasteiger partial charge on any atom is -0.395 e. The largest absolute Gasteiger partial charge is 0.395 e. The van der Waals surface area contributed by atoms with Crippen LogP contribution in [0.2, 0.25) is 0 Å². The summed E-state index contributed by atoms with van der Waals surface area (Å²) in [5.74, 6) is 1.80. The number of nitrogens with two attached hydrogens (primary N) is 1. The molecular weight excluding hydrogens is 244 g/mol. The molecule has 2 aliphatic rings. The van der Waals surface area contributed by atoms with Crippen LogP contribution in [-0.2, 0) is 0 Å². The third kappa shape index (κ3) is 2.71. The maximum atomic E-state index is 8.84. The molecule has 2 aliphatic heterocycles. The number of aliphatic hydroxyl groups is 1. The molecule has 1 aromatic heterocycles. The van der Waals surface area contributed by atoms with Crippen LogP contribution < -0.4 is 21.3 Å². The first-order valence-corrected chi connectivity index (χ1v) is 6.75. The van der Waals surface area contributed by atoms with Gasteiger partial charge in [-0.1, -0.05) is 0 Å². The first-order valence-electron chi connectivity index (χ1n) is 6.75. The Balaban J connectivity index is 1.77. The molecule has 2 saturated heterocycles. The van der Waals surface area contributed by atoms with E-state index < -0.39 is 0 Å². The Kier molecular flexibility index (Phi) is 3.39. The van der Waals surface area contributed by atoms with Crippen molar-refractivity contribution >= 4 is 17.6 Å². The molecule has 0 radical (unpaired) electrons. The number of aromatic nitrogens is 2. The molecule has 3 rings (SSSR count). The van der Waals surface area contributed by atoms with Gasteiger partial charge in [0.05, 0.1) is 6.61 Å². The van der Waals surface area contributed by atoms with Crippen molar-refractivity contribution in [2.75, 3.05) is 42.2 Å². The Labute approximate surface area is 112 Å². The molecule has 0 aliphatic carbocycles. The zero-order valence-electron chi connectivity index (χ0n) is 10.8. The SMILES string of the molecule is Nc1nc(NCCO)cc(N2C[C@H]3CC[C@@H](C2)N3)n1. The summed E-state index contributed by atoms with van der Waals surface area (Å²) in [5.41, 5.74) is 5.76. The molecule has 5 N–H and O–H groups in total. The second kappa shape index (κ2) is 5.18. The highest BCUT2D eigenvalue weighted by Crippen LogP contribution is 2.25. The van der Waals surface area contributed by atoms with Crippen LogP contribution in [0.3, 0.4) is 0 Å². The van der Waals surface area contributed by atoms with Gasteiger partial charge in [-0.25, -0.2) is 0 Å². The lowest BCUT2D eigenvalue weighted by Crippen LogP contribution is -2.51. The number of aliphatic hydroxyl groups excluding tert-OH is 1. The van der Waals surface area contributed by atoms with Crippen LogP contribution in [0.15, 0.2) is 6.07 Å². The molecular formula is C12H20N6O. The molecule has 104 valence electrons. The number of rotatable bonds is 4. The van der Waals surface area contributed by atoms with Gasteiger partial charge in [0.1, 0.15) is 11.6 Å². The summed E-state index contributed by atoms with van der Waals surface area (Å²) < 4.78 is 0. The fourth-order valence-corrected chi connectivity index (χ4v) is 2.87. The Morgan fingerprint density at radius 1 is 1.37 bits per heavy atom. The summed E-state index contributed by atoms with van der Waals surface area (Å²) in [6.45, 7) is 2.46. The molecule has 1 aromatic rings. The van der Waals surface area contributed by atoms with E-state index >= 15 is 0 Å². The third-order valence-electron chi connectivity index (χ3n) is 3.69. The van der Waals surface area contributed by atoms with E-state index in [1.54, 1.807) is 0 Å². The molecule has 7 heteroatoms. The van der Waals surface area contributed by atoms with E-state index in [0.717, 1.165) is 18.9 Å². The molecule has 19 heavy (non-hydrogen) atoms. The number of nitrogens with one attached hydrogen (secondary N) is 2. The van der Waals surface area contributed by atoms with E-state index in [2.05, 4.69) is 25.5 Å². The molecule has 2 bridgehead atoms. The predicted octanol–water partition coefficient (Wildman–Crippen LogP) is -0.596. The van der Waals surface area contributed by atoms with Crippen LogP contribution in [0.4, 0.5) is 17.6 Å². The highest BCUT2D eigenvalue weighted by atomic mass is 16.3. The van der Waals surface area contributed by atoms with Crippen molar-refractivity contribution in [1.29, 1.82) is 0 Å². The first-order chi connectivity index (χ1) is 9.24. The van der Waals surface area contributed by atoms with Crippen LogP contribution >= 0.6 is 0 Å². The van der Waals surface area contributed by atoms with E-state index in [0.29, 0.717) is 24.4 Å². The Morgan fingerprint density at radius 2 is 2.11 bits per heavy atom. The van der Waals surface area contributed by atoms with Crippen molar-refractivity contribution in [1.82, 2.24) is 15.3 Å². The molecule has 7 nitrogen and oxygen atoms in total. The van der Waals surface area contributed by atoms with Crippen molar-refractivity contribution < 1.29 is 5.11 Å². The zero-order chi connectivity index (χ0) is 13.2. The average Bonchev–Trinajstić information content (AvgIpc) is 2.74. The molecule has 0 saturated carbocycles. The monoisotopic (exact) mass is 264 g/mol. The van der Waals surface area contributed by atoms with Gasteiger partial charge in [0.25, 0.3) is 0 Å². The van der Waals surface area contributed by atoms with Crippen molar-refractivity contribution in [3.8, 4) is 0 Å². The van der Waals surface area contributed by atoms with Gasteiger partial charge in [0, 0.05) is 37.8 Å². The number of hydrogen-bond donors (Lipinski definition) is 4. The second-order valence-electron chi connectivity index (χ2n) is 5.16. The van der Waals surface area contributed by atoms with E-state index in [1.807, 2.05) is 6.07 Å². The summed E-state index contributed by atoms with van der Waals surface area (Å²) in [7, 11) is 0. The highest BCUT2D eigenvalue weighted by molar-refractivity contribution is 5.53. The van der Waals surface area contributed by atoms with Gasteiger partial charge in [0.15, 0.2) is 0 Å². The second-order valence-corrected chi connectivity index (χ2v) is 5.16. The molecule has 2 atom stereocenters. The summed E-state index contributed by atoms with van der Waals surface area (Å²) in [4.78, 5) is 10.7. The lowest BCUT2D eigenvalue weighted by molar-refractivity contribution is 0.311. The highest BCUT2D eigenvalue weighted by Gasteiger charge is 2.32. The summed E-state index contributed by atoms with van der Waals surface area (Å²) in [6.07, 6.45) is 2.47. The van der Waals surface area contributed by atoms with Gasteiger partial charge in [-0.2, -0.15) is 9.97 Å². The van der Waals surface area contributed by atoms with Crippen LogP contribution in [0.5, 0.6) is 0 Å². The number of hydrogen-bond acceptors (Lipinski definition) is 7. The number of anilines is 3. The number of piperazine rings is 1. The number of fused-ring (bicyclic) bond motifs is 2.